The standard InChI is InChI=1S/C33H22N2S/c1-3-12-28-26(11-1)32-29(16-14-21-8-6-18-34-33(21)32)35(28)24-9-5-7-22(19-24)23-15-17-31-27(20-23)25-10-2-4-13-30(25)36-31/h1-16,18-20,31H,17H2/t31-/m1/s1. The van der Waals surface area contributed by atoms with Gasteiger partial charge in [-0.2, -0.15) is 0 Å². The van der Waals surface area contributed by atoms with Crippen LogP contribution in [-0.2, 0) is 0 Å². The van der Waals surface area contributed by atoms with Crippen LogP contribution in [0.4, 0.5) is 0 Å². The van der Waals surface area contributed by atoms with Crippen molar-refractivity contribution in [3.05, 3.63) is 127 Å². The van der Waals surface area contributed by atoms with Crippen molar-refractivity contribution in [2.75, 3.05) is 0 Å². The van der Waals surface area contributed by atoms with Crippen LogP contribution in [0.1, 0.15) is 17.5 Å². The molecular formula is C33H22N2S. The minimum Gasteiger partial charge on any atom is -0.309 e. The Labute approximate surface area is 213 Å². The molecule has 1 aliphatic carbocycles. The second kappa shape index (κ2) is 7.71. The number of hydrogen-bond acceptors (Lipinski definition) is 2. The Bertz CT molecular complexity index is 1910. The number of thioether (sulfide) groups is 1. The SMILES string of the molecule is C1=C(c2cccc(-n3c4ccccc4c4c5ncccc5ccc43)c2)C=C2c3ccccc3S[C@@H]2C1. The third kappa shape index (κ3) is 2.90. The van der Waals surface area contributed by atoms with E-state index in [0.29, 0.717) is 5.25 Å². The summed E-state index contributed by atoms with van der Waals surface area (Å²) in [7, 11) is 0. The lowest BCUT2D eigenvalue weighted by Gasteiger charge is -2.18. The molecule has 0 bridgehead atoms. The molecule has 36 heavy (non-hydrogen) atoms. The molecule has 3 heteroatoms. The van der Waals surface area contributed by atoms with Crippen molar-refractivity contribution >= 4 is 55.6 Å². The fourth-order valence-corrected chi connectivity index (χ4v) is 7.20. The van der Waals surface area contributed by atoms with Crippen LogP contribution in [0.5, 0.6) is 0 Å². The first-order chi connectivity index (χ1) is 17.8. The number of hydrogen-bond donors (Lipinski definition) is 0. The number of benzene rings is 4. The van der Waals surface area contributed by atoms with Crippen LogP contribution in [-0.4, -0.2) is 14.8 Å². The van der Waals surface area contributed by atoms with Gasteiger partial charge in [0.25, 0.3) is 0 Å². The minimum atomic E-state index is 0.535. The predicted octanol–water partition coefficient (Wildman–Crippen LogP) is 8.68. The first kappa shape index (κ1) is 20.1. The van der Waals surface area contributed by atoms with E-state index in [1.807, 2.05) is 24.0 Å². The van der Waals surface area contributed by atoms with Gasteiger partial charge >= 0.3 is 0 Å². The van der Waals surface area contributed by atoms with E-state index in [1.165, 1.54) is 60.0 Å². The van der Waals surface area contributed by atoms with Gasteiger partial charge in [-0.05, 0) is 71.2 Å². The number of pyridine rings is 1. The maximum absolute atomic E-state index is 4.77. The Balaban J connectivity index is 1.32. The Morgan fingerprint density at radius 2 is 1.72 bits per heavy atom. The van der Waals surface area contributed by atoms with Crippen LogP contribution >= 0.6 is 11.8 Å². The van der Waals surface area contributed by atoms with Crippen LogP contribution in [0.25, 0.3) is 49.5 Å². The average molecular weight is 479 g/mol. The molecule has 0 fully saturated rings. The molecule has 1 atom stereocenters. The van der Waals surface area contributed by atoms with E-state index < -0.39 is 0 Å². The molecule has 0 unspecified atom stereocenters. The highest BCUT2D eigenvalue weighted by molar-refractivity contribution is 8.00. The molecule has 4 aromatic carbocycles. The van der Waals surface area contributed by atoms with Gasteiger partial charge in [-0.3, -0.25) is 4.98 Å². The molecule has 8 rings (SSSR count). The maximum atomic E-state index is 4.77. The molecule has 2 nitrogen and oxygen atoms in total. The molecule has 0 amide bonds. The summed E-state index contributed by atoms with van der Waals surface area (Å²) in [6, 6.07) is 35.1. The smallest absolute Gasteiger partial charge is 0.0802 e. The zero-order valence-electron chi connectivity index (χ0n) is 19.6. The molecule has 2 aromatic heterocycles. The lowest BCUT2D eigenvalue weighted by Crippen LogP contribution is -2.04. The van der Waals surface area contributed by atoms with Crippen LogP contribution in [0, 0.1) is 0 Å². The number of aromatic nitrogens is 2. The van der Waals surface area contributed by atoms with E-state index in [4.69, 9.17) is 4.98 Å². The normalized spacial score (nSPS) is 16.7. The van der Waals surface area contributed by atoms with Crippen molar-refractivity contribution in [1.82, 2.24) is 9.55 Å². The topological polar surface area (TPSA) is 17.8 Å². The quantitative estimate of drug-likeness (QED) is 0.248. The largest absolute Gasteiger partial charge is 0.309 e. The molecule has 0 N–H and O–H groups in total. The fourth-order valence-electron chi connectivity index (χ4n) is 5.90. The molecule has 0 radical (unpaired) electrons. The molecular weight excluding hydrogens is 456 g/mol. The molecule has 170 valence electrons. The van der Waals surface area contributed by atoms with Gasteiger partial charge in [0.1, 0.15) is 0 Å². The highest BCUT2D eigenvalue weighted by Gasteiger charge is 2.29. The van der Waals surface area contributed by atoms with E-state index in [0.717, 1.165) is 11.9 Å². The van der Waals surface area contributed by atoms with Crippen LogP contribution in [0.2, 0.25) is 0 Å². The fraction of sp³-hybridized carbons (Fsp3) is 0.0606. The van der Waals surface area contributed by atoms with Gasteiger partial charge in [0.2, 0.25) is 0 Å². The highest BCUT2D eigenvalue weighted by Crippen LogP contribution is 2.49. The van der Waals surface area contributed by atoms with Gasteiger partial charge in [-0.25, -0.2) is 0 Å². The second-order valence-electron chi connectivity index (χ2n) is 9.54. The van der Waals surface area contributed by atoms with Crippen LogP contribution < -0.4 is 0 Å². The number of rotatable bonds is 2. The lowest BCUT2D eigenvalue weighted by atomic mass is 9.90. The van der Waals surface area contributed by atoms with E-state index in [1.54, 1.807) is 0 Å². The number of nitrogens with zero attached hydrogens (tertiary/aromatic N) is 2. The summed E-state index contributed by atoms with van der Waals surface area (Å²) < 4.78 is 2.39. The van der Waals surface area contributed by atoms with Gasteiger partial charge in [0, 0.05) is 38.2 Å². The average Bonchev–Trinajstić information content (AvgIpc) is 3.48. The van der Waals surface area contributed by atoms with Crippen molar-refractivity contribution in [2.45, 2.75) is 16.6 Å². The molecule has 0 saturated heterocycles. The van der Waals surface area contributed by atoms with Crippen LogP contribution in [0.3, 0.4) is 0 Å². The summed E-state index contributed by atoms with van der Waals surface area (Å²) in [5.41, 5.74) is 10.1. The molecule has 0 spiro atoms. The van der Waals surface area contributed by atoms with Gasteiger partial charge in [0.05, 0.1) is 16.6 Å². The lowest BCUT2D eigenvalue weighted by molar-refractivity contribution is 1.09. The Hall–Kier alpha value is -4.08. The summed E-state index contributed by atoms with van der Waals surface area (Å²) >= 11 is 2.00. The Morgan fingerprint density at radius 1 is 0.806 bits per heavy atom. The Kier molecular flexibility index (Phi) is 4.31. The van der Waals surface area contributed by atoms with E-state index >= 15 is 0 Å². The maximum Gasteiger partial charge on any atom is 0.0802 e. The summed E-state index contributed by atoms with van der Waals surface area (Å²) in [6.45, 7) is 0. The molecule has 2 aliphatic rings. The molecule has 6 aromatic rings. The van der Waals surface area contributed by atoms with E-state index in [9.17, 15) is 0 Å². The van der Waals surface area contributed by atoms with Crippen molar-refractivity contribution in [2.24, 2.45) is 0 Å². The third-order valence-electron chi connectivity index (χ3n) is 7.52. The highest BCUT2D eigenvalue weighted by atomic mass is 32.2. The van der Waals surface area contributed by atoms with Crippen molar-refractivity contribution < 1.29 is 0 Å². The van der Waals surface area contributed by atoms with E-state index in [2.05, 4.69) is 108 Å². The predicted molar refractivity (Wildman–Crippen MR) is 153 cm³/mol. The van der Waals surface area contributed by atoms with Gasteiger partial charge in [-0.15, -0.1) is 11.8 Å². The first-order valence-corrected chi connectivity index (χ1v) is 13.3. The van der Waals surface area contributed by atoms with Crippen molar-refractivity contribution in [1.29, 1.82) is 0 Å². The summed E-state index contributed by atoms with van der Waals surface area (Å²) in [5.74, 6) is 0. The number of fused-ring (bicyclic) bond motifs is 8. The number of para-hydroxylation sites is 1. The molecule has 3 heterocycles. The second-order valence-corrected chi connectivity index (χ2v) is 10.8. The molecule has 0 saturated carbocycles. The van der Waals surface area contributed by atoms with E-state index in [-0.39, 0.29) is 0 Å². The summed E-state index contributed by atoms with van der Waals surface area (Å²) in [5, 5.41) is 4.16. The summed E-state index contributed by atoms with van der Waals surface area (Å²) in [4.78, 5) is 6.18. The monoisotopic (exact) mass is 478 g/mol. The zero-order chi connectivity index (χ0) is 23.6. The van der Waals surface area contributed by atoms with Crippen LogP contribution in [0.15, 0.2) is 120 Å². The van der Waals surface area contributed by atoms with Gasteiger partial charge in [0.15, 0.2) is 0 Å². The first-order valence-electron chi connectivity index (χ1n) is 12.4. The third-order valence-corrected chi connectivity index (χ3v) is 8.86. The summed E-state index contributed by atoms with van der Waals surface area (Å²) in [6.07, 6.45) is 7.78. The molecule has 1 aliphatic heterocycles. The van der Waals surface area contributed by atoms with Gasteiger partial charge < -0.3 is 4.57 Å². The van der Waals surface area contributed by atoms with Crippen molar-refractivity contribution in [3.8, 4) is 5.69 Å². The van der Waals surface area contributed by atoms with Gasteiger partial charge in [-0.1, -0.05) is 66.7 Å². The minimum absolute atomic E-state index is 0.535. The zero-order valence-corrected chi connectivity index (χ0v) is 20.4. The van der Waals surface area contributed by atoms with Crippen molar-refractivity contribution in [3.63, 3.8) is 0 Å². The Morgan fingerprint density at radius 3 is 2.72 bits per heavy atom. The number of allylic oxidation sites excluding steroid dienone is 3.